The van der Waals surface area contributed by atoms with Crippen LogP contribution >= 0.6 is 0 Å². The summed E-state index contributed by atoms with van der Waals surface area (Å²) >= 11 is 0. The Bertz CT molecular complexity index is 754. The summed E-state index contributed by atoms with van der Waals surface area (Å²) in [6.07, 6.45) is -0.197. The van der Waals surface area contributed by atoms with Gasteiger partial charge in [-0.05, 0) is 35.9 Å². The fourth-order valence-corrected chi connectivity index (χ4v) is 2.09. The number of nitrogens with two attached hydrogens (primary N) is 1. The molecule has 2 aromatic rings. The first kappa shape index (κ1) is 16.3. The largest absolute Gasteiger partial charge is 0.508 e. The molecule has 7 nitrogen and oxygen atoms in total. The molecule has 2 aromatic carbocycles. The third-order valence-corrected chi connectivity index (χ3v) is 3.35. The van der Waals surface area contributed by atoms with Crippen LogP contribution in [0, 0.1) is 0 Å². The molecule has 120 valence electrons. The topological polar surface area (TPSA) is 141 Å². The number of ketones is 1. The lowest BCUT2D eigenvalue weighted by Crippen LogP contribution is -2.32. The second kappa shape index (κ2) is 6.37. The lowest BCUT2D eigenvalue weighted by Gasteiger charge is -2.13. The molecule has 0 aliphatic carbocycles. The fraction of sp³-hybridized carbons (Fsp3) is 0.125. The summed E-state index contributed by atoms with van der Waals surface area (Å²) in [6.45, 7) is 0. The standard InChI is InChI=1S/C16H15NO6/c17-11(16(22)23)7-9-3-6-12(19)13(15(9)21)14(20)8-1-4-10(18)5-2-8/h1-6,11,18-19,21H,7,17H2,(H,22,23). The number of phenols is 3. The third kappa shape index (κ3) is 3.41. The second-order valence-corrected chi connectivity index (χ2v) is 4.99. The van der Waals surface area contributed by atoms with E-state index in [9.17, 15) is 24.9 Å². The van der Waals surface area contributed by atoms with E-state index in [1.54, 1.807) is 0 Å². The van der Waals surface area contributed by atoms with Gasteiger partial charge in [0.25, 0.3) is 0 Å². The van der Waals surface area contributed by atoms with Crippen LogP contribution in [0.3, 0.4) is 0 Å². The van der Waals surface area contributed by atoms with Crippen LogP contribution in [0.15, 0.2) is 36.4 Å². The van der Waals surface area contributed by atoms with Crippen LogP contribution in [-0.4, -0.2) is 38.2 Å². The minimum Gasteiger partial charge on any atom is -0.508 e. The van der Waals surface area contributed by atoms with Crippen LogP contribution in [0.5, 0.6) is 17.2 Å². The molecule has 0 fully saturated rings. The van der Waals surface area contributed by atoms with Crippen molar-refractivity contribution in [2.75, 3.05) is 0 Å². The molecule has 7 heteroatoms. The van der Waals surface area contributed by atoms with Gasteiger partial charge >= 0.3 is 5.97 Å². The summed E-state index contributed by atoms with van der Waals surface area (Å²) in [5.74, 6) is -2.89. The van der Waals surface area contributed by atoms with E-state index in [1.807, 2.05) is 0 Å². The number of aromatic hydroxyl groups is 3. The maximum absolute atomic E-state index is 12.4. The van der Waals surface area contributed by atoms with Crippen molar-refractivity contribution < 1.29 is 30.0 Å². The molecule has 0 spiro atoms. The summed E-state index contributed by atoms with van der Waals surface area (Å²) in [5, 5.41) is 38.1. The molecule has 1 atom stereocenters. The molecule has 0 aliphatic rings. The molecular weight excluding hydrogens is 302 g/mol. The van der Waals surface area contributed by atoms with Crippen LogP contribution in [0.1, 0.15) is 21.5 Å². The molecular formula is C16H15NO6. The number of aliphatic carboxylic acids is 1. The Morgan fingerprint density at radius 1 is 1.00 bits per heavy atom. The van der Waals surface area contributed by atoms with Gasteiger partial charge in [-0.3, -0.25) is 9.59 Å². The summed E-state index contributed by atoms with van der Waals surface area (Å²) < 4.78 is 0. The molecule has 0 amide bonds. The van der Waals surface area contributed by atoms with E-state index in [0.717, 1.165) is 0 Å². The predicted octanol–water partition coefficient (Wildman–Crippen LogP) is 0.989. The van der Waals surface area contributed by atoms with Crippen LogP contribution < -0.4 is 5.73 Å². The number of carboxylic acid groups (broad SMARTS) is 1. The molecule has 0 radical (unpaired) electrons. The van der Waals surface area contributed by atoms with Gasteiger partial charge in [-0.15, -0.1) is 0 Å². The molecule has 0 aromatic heterocycles. The van der Waals surface area contributed by atoms with E-state index >= 15 is 0 Å². The first-order valence-corrected chi connectivity index (χ1v) is 6.67. The minimum atomic E-state index is -1.25. The van der Waals surface area contributed by atoms with Crippen LogP contribution in [0.4, 0.5) is 0 Å². The molecule has 2 rings (SSSR count). The van der Waals surface area contributed by atoms with E-state index in [2.05, 4.69) is 0 Å². The van der Waals surface area contributed by atoms with Crippen molar-refractivity contribution in [1.29, 1.82) is 0 Å². The number of benzene rings is 2. The monoisotopic (exact) mass is 317 g/mol. The Balaban J connectivity index is 2.43. The third-order valence-electron chi connectivity index (χ3n) is 3.35. The first-order chi connectivity index (χ1) is 10.8. The smallest absolute Gasteiger partial charge is 0.320 e. The maximum Gasteiger partial charge on any atom is 0.320 e. The maximum atomic E-state index is 12.4. The van der Waals surface area contributed by atoms with Gasteiger partial charge in [0.05, 0.1) is 0 Å². The van der Waals surface area contributed by atoms with Crippen LogP contribution in [-0.2, 0) is 11.2 Å². The predicted molar refractivity (Wildman–Crippen MR) is 80.6 cm³/mol. The number of phenolic OH excluding ortho intramolecular Hbond substituents is 3. The fourth-order valence-electron chi connectivity index (χ4n) is 2.09. The molecule has 0 aliphatic heterocycles. The van der Waals surface area contributed by atoms with E-state index in [1.165, 1.54) is 36.4 Å². The van der Waals surface area contributed by atoms with Gasteiger partial charge < -0.3 is 26.2 Å². The highest BCUT2D eigenvalue weighted by Crippen LogP contribution is 2.33. The highest BCUT2D eigenvalue weighted by molar-refractivity contribution is 6.12. The van der Waals surface area contributed by atoms with Crippen molar-refractivity contribution in [3.05, 3.63) is 53.1 Å². The summed E-state index contributed by atoms with van der Waals surface area (Å²) in [5.41, 5.74) is 5.37. The van der Waals surface area contributed by atoms with Gasteiger partial charge in [0.1, 0.15) is 28.9 Å². The number of carbonyl (C=O) groups is 2. The lowest BCUT2D eigenvalue weighted by atomic mass is 9.96. The average molecular weight is 317 g/mol. The average Bonchev–Trinajstić information content (AvgIpc) is 2.50. The molecule has 6 N–H and O–H groups in total. The summed E-state index contributed by atoms with van der Waals surface area (Å²) in [7, 11) is 0. The van der Waals surface area contributed by atoms with Crippen LogP contribution in [0.25, 0.3) is 0 Å². The van der Waals surface area contributed by atoms with Gasteiger partial charge in [0, 0.05) is 12.0 Å². The lowest BCUT2D eigenvalue weighted by molar-refractivity contribution is -0.138. The Labute approximate surface area is 131 Å². The SMILES string of the molecule is NC(Cc1ccc(O)c(C(=O)c2ccc(O)cc2)c1O)C(=O)O. The number of hydrogen-bond acceptors (Lipinski definition) is 6. The minimum absolute atomic E-state index is 0.0313. The molecule has 0 saturated heterocycles. The molecule has 23 heavy (non-hydrogen) atoms. The zero-order chi connectivity index (χ0) is 17.1. The van der Waals surface area contributed by atoms with Crippen molar-refractivity contribution in [3.63, 3.8) is 0 Å². The van der Waals surface area contributed by atoms with E-state index in [4.69, 9.17) is 10.8 Å². The van der Waals surface area contributed by atoms with Gasteiger partial charge in [-0.1, -0.05) is 6.07 Å². The number of carboxylic acids is 1. The highest BCUT2D eigenvalue weighted by atomic mass is 16.4. The van der Waals surface area contributed by atoms with Crippen molar-refractivity contribution in [3.8, 4) is 17.2 Å². The van der Waals surface area contributed by atoms with Gasteiger partial charge in [-0.25, -0.2) is 0 Å². The molecule has 0 heterocycles. The van der Waals surface area contributed by atoms with Crippen molar-refractivity contribution in [1.82, 2.24) is 0 Å². The van der Waals surface area contributed by atoms with E-state index in [0.29, 0.717) is 0 Å². The molecule has 0 bridgehead atoms. The van der Waals surface area contributed by atoms with E-state index < -0.39 is 29.3 Å². The van der Waals surface area contributed by atoms with Gasteiger partial charge in [0.15, 0.2) is 0 Å². The van der Waals surface area contributed by atoms with Crippen molar-refractivity contribution >= 4 is 11.8 Å². The quantitative estimate of drug-likeness (QED) is 0.518. The van der Waals surface area contributed by atoms with Gasteiger partial charge in [0.2, 0.25) is 5.78 Å². The van der Waals surface area contributed by atoms with Crippen LogP contribution in [0.2, 0.25) is 0 Å². The Morgan fingerprint density at radius 3 is 2.17 bits per heavy atom. The zero-order valence-electron chi connectivity index (χ0n) is 11.9. The molecule has 0 saturated carbocycles. The Hall–Kier alpha value is -3.06. The highest BCUT2D eigenvalue weighted by Gasteiger charge is 2.23. The zero-order valence-corrected chi connectivity index (χ0v) is 11.9. The summed E-state index contributed by atoms with van der Waals surface area (Å²) in [4.78, 5) is 23.2. The first-order valence-electron chi connectivity index (χ1n) is 6.67. The Morgan fingerprint density at radius 2 is 1.61 bits per heavy atom. The molecule has 1 unspecified atom stereocenters. The van der Waals surface area contributed by atoms with Gasteiger partial charge in [-0.2, -0.15) is 0 Å². The number of carbonyl (C=O) groups excluding carboxylic acids is 1. The number of rotatable bonds is 5. The number of hydrogen-bond donors (Lipinski definition) is 5. The Kier molecular flexibility index (Phi) is 4.52. The van der Waals surface area contributed by atoms with Crippen molar-refractivity contribution in [2.24, 2.45) is 5.73 Å². The normalized spacial score (nSPS) is 11.9. The van der Waals surface area contributed by atoms with E-state index in [-0.39, 0.29) is 28.9 Å². The second-order valence-electron chi connectivity index (χ2n) is 4.99. The summed E-state index contributed by atoms with van der Waals surface area (Å²) in [6, 6.07) is 6.52. The van der Waals surface area contributed by atoms with Crippen molar-refractivity contribution in [2.45, 2.75) is 12.5 Å².